The molecular weight excluding hydrogens is 568 g/mol. The summed E-state index contributed by atoms with van der Waals surface area (Å²) < 4.78 is 0. The van der Waals surface area contributed by atoms with E-state index in [0.717, 1.165) is 87.7 Å². The van der Waals surface area contributed by atoms with Crippen molar-refractivity contribution >= 4 is 0 Å². The summed E-state index contributed by atoms with van der Waals surface area (Å²) in [6.07, 6.45) is 10.9. The molecule has 0 atom stereocenters. The largest absolute Gasteiger partial charge is 0.508 e. The van der Waals surface area contributed by atoms with Crippen LogP contribution in [-0.4, -0.2) is 61.0 Å². The molecule has 4 aromatic heterocycles. The Labute approximate surface area is 274 Å². The molecule has 0 radical (unpaired) electrons. The molecule has 0 bridgehead atoms. The standard InChI is InChI=1S/C39H46N6O/c1-31(2)39-32(29-44(23-15-34-11-3-7-19-40-34)24-16-35-12-4-8-20-41-35)27-38(46)28-33(39)30-45(25-17-36-13-5-9-21-42-36)26-18-37-14-6-10-22-43-37/h3-14,19-22,27-28,31,46H,15-18,23-26,29-30H2,1-2H3. The summed E-state index contributed by atoms with van der Waals surface area (Å²) in [7, 11) is 0. The van der Waals surface area contributed by atoms with E-state index >= 15 is 0 Å². The van der Waals surface area contributed by atoms with Crippen LogP contribution < -0.4 is 0 Å². The topological polar surface area (TPSA) is 78.3 Å². The van der Waals surface area contributed by atoms with E-state index in [-0.39, 0.29) is 0 Å². The van der Waals surface area contributed by atoms with Crippen molar-refractivity contribution in [1.29, 1.82) is 0 Å². The average molecular weight is 615 g/mol. The first-order valence-electron chi connectivity index (χ1n) is 16.4. The van der Waals surface area contributed by atoms with Crippen molar-refractivity contribution in [1.82, 2.24) is 29.7 Å². The summed E-state index contributed by atoms with van der Waals surface area (Å²) in [6, 6.07) is 28.3. The Hall–Kier alpha value is -4.46. The number of pyridine rings is 4. The lowest BCUT2D eigenvalue weighted by Crippen LogP contribution is -2.30. The number of phenols is 1. The second kappa shape index (κ2) is 17.3. The van der Waals surface area contributed by atoms with Gasteiger partial charge in [0.05, 0.1) is 0 Å². The number of hydrogen-bond acceptors (Lipinski definition) is 7. The maximum atomic E-state index is 11.1. The van der Waals surface area contributed by atoms with Crippen LogP contribution >= 0.6 is 0 Å². The van der Waals surface area contributed by atoms with E-state index < -0.39 is 0 Å². The lowest BCUT2D eigenvalue weighted by atomic mass is 9.90. The maximum Gasteiger partial charge on any atom is 0.116 e. The van der Waals surface area contributed by atoms with E-state index in [2.05, 4.69) is 67.8 Å². The molecule has 0 fully saturated rings. The molecule has 0 aliphatic carbocycles. The first-order chi connectivity index (χ1) is 22.5. The summed E-state index contributed by atoms with van der Waals surface area (Å²) in [5.74, 6) is 0.616. The summed E-state index contributed by atoms with van der Waals surface area (Å²) >= 11 is 0. The van der Waals surface area contributed by atoms with Crippen LogP contribution in [0.25, 0.3) is 0 Å². The van der Waals surface area contributed by atoms with E-state index in [1.54, 1.807) is 0 Å². The van der Waals surface area contributed by atoms with E-state index in [1.165, 1.54) is 16.7 Å². The molecule has 1 aromatic carbocycles. The first-order valence-corrected chi connectivity index (χ1v) is 16.4. The van der Waals surface area contributed by atoms with Crippen LogP contribution in [0.3, 0.4) is 0 Å². The fourth-order valence-electron chi connectivity index (χ4n) is 6.06. The third kappa shape index (κ3) is 10.3. The zero-order valence-electron chi connectivity index (χ0n) is 27.2. The molecule has 0 aliphatic rings. The fraction of sp³-hybridized carbons (Fsp3) is 0.333. The zero-order chi connectivity index (χ0) is 32.0. The summed E-state index contributed by atoms with van der Waals surface area (Å²) in [4.78, 5) is 23.2. The van der Waals surface area contributed by atoms with Crippen LogP contribution in [0.1, 0.15) is 59.2 Å². The van der Waals surface area contributed by atoms with Crippen molar-refractivity contribution in [2.75, 3.05) is 26.2 Å². The molecule has 7 nitrogen and oxygen atoms in total. The molecule has 5 aromatic rings. The van der Waals surface area contributed by atoms with Crippen molar-refractivity contribution in [2.24, 2.45) is 0 Å². The van der Waals surface area contributed by atoms with E-state index in [9.17, 15) is 5.11 Å². The van der Waals surface area contributed by atoms with Crippen molar-refractivity contribution in [3.63, 3.8) is 0 Å². The molecule has 1 N–H and O–H groups in total. The van der Waals surface area contributed by atoms with Gasteiger partial charge >= 0.3 is 0 Å². The summed E-state index contributed by atoms with van der Waals surface area (Å²) in [5, 5.41) is 11.1. The normalized spacial score (nSPS) is 11.5. The summed E-state index contributed by atoms with van der Waals surface area (Å²) in [5.41, 5.74) is 8.02. The van der Waals surface area contributed by atoms with Gasteiger partial charge in [0.1, 0.15) is 5.75 Å². The van der Waals surface area contributed by atoms with Gasteiger partial charge < -0.3 is 5.11 Å². The molecule has 238 valence electrons. The molecule has 7 heteroatoms. The number of phenolic OH excluding ortho intramolecular Hbond substituents is 1. The van der Waals surface area contributed by atoms with Crippen LogP contribution in [0.15, 0.2) is 110 Å². The van der Waals surface area contributed by atoms with Crippen molar-refractivity contribution in [3.8, 4) is 5.75 Å². The summed E-state index contributed by atoms with van der Waals surface area (Å²) in [6.45, 7) is 9.49. The Morgan fingerprint density at radius 1 is 0.522 bits per heavy atom. The van der Waals surface area contributed by atoms with Gasteiger partial charge in [-0.3, -0.25) is 29.7 Å². The van der Waals surface area contributed by atoms with Gasteiger partial charge in [-0.05, 0) is 83.3 Å². The van der Waals surface area contributed by atoms with Gasteiger partial charge in [0, 0.05) is 113 Å². The highest BCUT2D eigenvalue weighted by Gasteiger charge is 2.19. The van der Waals surface area contributed by atoms with Gasteiger partial charge in [0.15, 0.2) is 0 Å². The third-order valence-electron chi connectivity index (χ3n) is 8.34. The fourth-order valence-corrected chi connectivity index (χ4v) is 6.06. The van der Waals surface area contributed by atoms with Gasteiger partial charge in [-0.25, -0.2) is 0 Å². The molecule has 0 saturated heterocycles. The van der Waals surface area contributed by atoms with Crippen LogP contribution in [0, 0.1) is 0 Å². The van der Waals surface area contributed by atoms with E-state index in [0.29, 0.717) is 11.7 Å². The monoisotopic (exact) mass is 614 g/mol. The van der Waals surface area contributed by atoms with Gasteiger partial charge in [0.25, 0.3) is 0 Å². The van der Waals surface area contributed by atoms with Gasteiger partial charge in [-0.2, -0.15) is 0 Å². The quantitative estimate of drug-likeness (QED) is 0.125. The SMILES string of the molecule is CC(C)c1c(CN(CCc2ccccn2)CCc2ccccn2)cc(O)cc1CN(CCc1ccccn1)CCc1ccccn1. The molecule has 0 unspecified atom stereocenters. The highest BCUT2D eigenvalue weighted by molar-refractivity contribution is 5.44. The molecule has 0 saturated carbocycles. The molecule has 5 rings (SSSR count). The molecular formula is C39H46N6O. The smallest absolute Gasteiger partial charge is 0.116 e. The van der Waals surface area contributed by atoms with Gasteiger partial charge in [-0.1, -0.05) is 38.1 Å². The van der Waals surface area contributed by atoms with E-state index in [4.69, 9.17) is 0 Å². The van der Waals surface area contributed by atoms with E-state index in [1.807, 2.05) is 85.5 Å². The van der Waals surface area contributed by atoms with Crippen LogP contribution in [-0.2, 0) is 38.8 Å². The third-order valence-corrected chi connectivity index (χ3v) is 8.34. The van der Waals surface area contributed by atoms with Crippen LogP contribution in [0.2, 0.25) is 0 Å². The Balaban J connectivity index is 1.38. The predicted molar refractivity (Wildman–Crippen MR) is 185 cm³/mol. The number of rotatable bonds is 17. The Morgan fingerprint density at radius 3 is 1.11 bits per heavy atom. The molecule has 0 aliphatic heterocycles. The number of aromatic hydroxyl groups is 1. The second-order valence-electron chi connectivity index (χ2n) is 12.2. The molecule has 46 heavy (non-hydrogen) atoms. The number of nitrogens with zero attached hydrogens (tertiary/aromatic N) is 6. The minimum Gasteiger partial charge on any atom is -0.508 e. The highest BCUT2D eigenvalue weighted by atomic mass is 16.3. The first kappa shape index (κ1) is 32.9. The van der Waals surface area contributed by atoms with Crippen molar-refractivity contribution in [3.05, 3.63) is 149 Å². The second-order valence-corrected chi connectivity index (χ2v) is 12.2. The Morgan fingerprint density at radius 2 is 0.848 bits per heavy atom. The van der Waals surface area contributed by atoms with Gasteiger partial charge in [-0.15, -0.1) is 0 Å². The Kier molecular flexibility index (Phi) is 12.4. The highest BCUT2D eigenvalue weighted by Crippen LogP contribution is 2.31. The molecule has 0 amide bonds. The minimum absolute atomic E-state index is 0.299. The van der Waals surface area contributed by atoms with Crippen molar-refractivity contribution in [2.45, 2.75) is 58.5 Å². The number of benzene rings is 1. The zero-order valence-corrected chi connectivity index (χ0v) is 27.2. The lowest BCUT2D eigenvalue weighted by Gasteiger charge is -2.28. The van der Waals surface area contributed by atoms with Crippen LogP contribution in [0.4, 0.5) is 0 Å². The number of hydrogen-bond donors (Lipinski definition) is 1. The number of aromatic nitrogens is 4. The predicted octanol–water partition coefficient (Wildman–Crippen LogP) is 6.67. The minimum atomic E-state index is 0.299. The molecule has 0 spiro atoms. The van der Waals surface area contributed by atoms with Crippen LogP contribution in [0.5, 0.6) is 5.75 Å². The maximum absolute atomic E-state index is 11.1. The van der Waals surface area contributed by atoms with Gasteiger partial charge in [0.2, 0.25) is 0 Å². The molecule has 4 heterocycles. The van der Waals surface area contributed by atoms with Crippen molar-refractivity contribution < 1.29 is 5.11 Å². The Bertz CT molecular complexity index is 1380. The average Bonchev–Trinajstić information content (AvgIpc) is 3.08. The lowest BCUT2D eigenvalue weighted by molar-refractivity contribution is 0.263.